The number of ether oxygens (including phenoxy) is 1. The van der Waals surface area contributed by atoms with Crippen LogP contribution in [0.1, 0.15) is 21.5 Å². The number of rotatable bonds is 7. The molecule has 0 aliphatic carbocycles. The molecule has 0 aliphatic rings. The summed E-state index contributed by atoms with van der Waals surface area (Å²) in [5.41, 5.74) is 2.15. The monoisotopic (exact) mass is 632 g/mol. The van der Waals surface area contributed by atoms with Crippen molar-refractivity contribution in [2.45, 2.75) is 6.61 Å². The maximum Gasteiger partial charge on any atom is 0.335 e. The van der Waals surface area contributed by atoms with Crippen LogP contribution in [0.5, 0.6) is 5.75 Å². The highest BCUT2D eigenvalue weighted by molar-refractivity contribution is 9.11. The minimum absolute atomic E-state index is 0.0519. The van der Waals surface area contributed by atoms with Crippen molar-refractivity contribution in [2.24, 2.45) is 0 Å². The molecule has 0 saturated carbocycles. The fourth-order valence-corrected chi connectivity index (χ4v) is 4.46. The molecule has 0 fully saturated rings. The topological polar surface area (TPSA) is 99.4 Å². The molecule has 3 aromatic carbocycles. The molecule has 6 nitrogen and oxygen atoms in total. The average Bonchev–Trinajstić information content (AvgIpc) is 2.78. The average molecular weight is 635 g/mol. The van der Waals surface area contributed by atoms with Crippen LogP contribution in [0.4, 0.5) is 5.69 Å². The van der Waals surface area contributed by atoms with E-state index >= 15 is 0 Å². The summed E-state index contributed by atoms with van der Waals surface area (Å²) in [4.78, 5) is 23.5. The van der Waals surface area contributed by atoms with Crippen molar-refractivity contribution in [3.05, 3.63) is 96.3 Å². The third-order valence-corrected chi connectivity index (χ3v) is 6.09. The Kier molecular flexibility index (Phi) is 8.44. The summed E-state index contributed by atoms with van der Waals surface area (Å²) in [6.07, 6.45) is 1.48. The van der Waals surface area contributed by atoms with Gasteiger partial charge in [-0.15, -0.1) is 0 Å². The Balaban J connectivity index is 1.74. The number of benzene rings is 3. The van der Waals surface area contributed by atoms with Gasteiger partial charge in [0.05, 0.1) is 14.5 Å². The van der Waals surface area contributed by atoms with Crippen LogP contribution in [0.2, 0.25) is 0 Å². The summed E-state index contributed by atoms with van der Waals surface area (Å²) in [5.74, 6) is -0.969. The highest BCUT2D eigenvalue weighted by Gasteiger charge is 2.13. The van der Waals surface area contributed by atoms with Gasteiger partial charge in [-0.1, -0.05) is 28.1 Å². The van der Waals surface area contributed by atoms with Gasteiger partial charge in [-0.05, 0) is 97.6 Å². The molecule has 0 unspecified atom stereocenters. The highest BCUT2D eigenvalue weighted by Crippen LogP contribution is 2.36. The first kappa shape index (κ1) is 24.7. The Labute approximate surface area is 215 Å². The first-order valence-electron chi connectivity index (χ1n) is 9.39. The first-order chi connectivity index (χ1) is 15.8. The second-order valence-corrected chi connectivity index (χ2v) is 9.36. The molecule has 0 atom stereocenters. The van der Waals surface area contributed by atoms with Crippen LogP contribution >= 0.6 is 47.8 Å². The standard InChI is InChI=1S/C24H15Br3N2O4/c25-18-5-7-19(8-6-18)29-23(30)17(12-28)9-15-10-20(26)22(21(27)11-15)33-13-14-1-3-16(4-2-14)24(31)32/h1-11H,13H2,(H,29,30)(H,31,32)/b17-9-. The van der Waals surface area contributed by atoms with Crippen LogP contribution in [0.15, 0.2) is 79.7 Å². The summed E-state index contributed by atoms with van der Waals surface area (Å²) < 4.78 is 7.99. The molecular weight excluding hydrogens is 620 g/mol. The van der Waals surface area contributed by atoms with E-state index in [1.807, 2.05) is 6.07 Å². The van der Waals surface area contributed by atoms with Gasteiger partial charge in [-0.2, -0.15) is 5.26 Å². The quantitative estimate of drug-likeness (QED) is 0.220. The number of hydrogen-bond acceptors (Lipinski definition) is 4. The smallest absolute Gasteiger partial charge is 0.335 e. The molecule has 3 aromatic rings. The molecule has 33 heavy (non-hydrogen) atoms. The van der Waals surface area contributed by atoms with Crippen molar-refractivity contribution in [3.8, 4) is 11.8 Å². The molecule has 166 valence electrons. The Morgan fingerprint density at radius 3 is 2.15 bits per heavy atom. The normalized spacial score (nSPS) is 10.9. The van der Waals surface area contributed by atoms with Crippen molar-refractivity contribution in [2.75, 3.05) is 5.32 Å². The van der Waals surface area contributed by atoms with Crippen LogP contribution in [0, 0.1) is 11.3 Å². The molecule has 3 rings (SSSR count). The second-order valence-electron chi connectivity index (χ2n) is 6.74. The van der Waals surface area contributed by atoms with Crippen molar-refractivity contribution in [1.82, 2.24) is 0 Å². The zero-order valence-electron chi connectivity index (χ0n) is 16.8. The lowest BCUT2D eigenvalue weighted by Crippen LogP contribution is -2.13. The molecule has 2 N–H and O–H groups in total. The van der Waals surface area contributed by atoms with Crippen molar-refractivity contribution in [3.63, 3.8) is 0 Å². The van der Waals surface area contributed by atoms with Crippen LogP contribution in [0.3, 0.4) is 0 Å². The zero-order valence-corrected chi connectivity index (χ0v) is 21.6. The lowest BCUT2D eigenvalue weighted by Gasteiger charge is -2.12. The molecule has 0 heterocycles. The predicted molar refractivity (Wildman–Crippen MR) is 136 cm³/mol. The van der Waals surface area contributed by atoms with E-state index in [0.717, 1.165) is 10.0 Å². The van der Waals surface area contributed by atoms with Crippen molar-refractivity contribution in [1.29, 1.82) is 5.26 Å². The van der Waals surface area contributed by atoms with Gasteiger partial charge < -0.3 is 15.2 Å². The lowest BCUT2D eigenvalue weighted by molar-refractivity contribution is -0.112. The third-order valence-electron chi connectivity index (χ3n) is 4.38. The Hall–Kier alpha value is -2.93. The van der Waals surface area contributed by atoms with Gasteiger partial charge in [0.25, 0.3) is 5.91 Å². The van der Waals surface area contributed by atoms with Gasteiger partial charge in [0.1, 0.15) is 24.0 Å². The molecule has 0 spiro atoms. The lowest BCUT2D eigenvalue weighted by atomic mass is 10.1. The van der Waals surface area contributed by atoms with E-state index in [1.54, 1.807) is 48.5 Å². The van der Waals surface area contributed by atoms with Crippen LogP contribution < -0.4 is 10.1 Å². The fraction of sp³-hybridized carbons (Fsp3) is 0.0417. The van der Waals surface area contributed by atoms with Gasteiger partial charge in [-0.25, -0.2) is 4.79 Å². The molecule has 0 bridgehead atoms. The number of aromatic carboxylic acids is 1. The number of nitrogens with zero attached hydrogens (tertiary/aromatic N) is 1. The number of carbonyl (C=O) groups excluding carboxylic acids is 1. The second kappa shape index (κ2) is 11.3. The number of anilines is 1. The van der Waals surface area contributed by atoms with E-state index in [4.69, 9.17) is 9.84 Å². The number of halogens is 3. The molecule has 9 heteroatoms. The summed E-state index contributed by atoms with van der Waals surface area (Å²) in [6.45, 7) is 0.228. The molecular formula is C24H15Br3N2O4. The number of nitrogens with one attached hydrogen (secondary N) is 1. The summed E-state index contributed by atoms with van der Waals surface area (Å²) in [6, 6.07) is 18.8. The van der Waals surface area contributed by atoms with E-state index in [1.165, 1.54) is 18.2 Å². The Morgan fingerprint density at radius 2 is 1.61 bits per heavy atom. The molecule has 0 aromatic heterocycles. The molecule has 0 saturated heterocycles. The SMILES string of the molecule is N#C/C(=C/c1cc(Br)c(OCc2ccc(C(=O)O)cc2)c(Br)c1)C(=O)Nc1ccc(Br)cc1. The maximum absolute atomic E-state index is 12.5. The zero-order chi connectivity index (χ0) is 24.0. The van der Waals surface area contributed by atoms with Gasteiger partial charge >= 0.3 is 5.97 Å². The Bertz CT molecular complexity index is 1240. The van der Waals surface area contributed by atoms with E-state index < -0.39 is 11.9 Å². The number of carboxylic acids is 1. The molecule has 0 radical (unpaired) electrons. The van der Waals surface area contributed by atoms with Crippen LogP contribution in [-0.4, -0.2) is 17.0 Å². The number of hydrogen-bond donors (Lipinski definition) is 2. The van der Waals surface area contributed by atoms with Gasteiger partial charge in [0.2, 0.25) is 0 Å². The van der Waals surface area contributed by atoms with Crippen LogP contribution in [-0.2, 0) is 11.4 Å². The number of carboxylic acid groups (broad SMARTS) is 1. The van der Waals surface area contributed by atoms with E-state index in [0.29, 0.717) is 25.9 Å². The van der Waals surface area contributed by atoms with Gasteiger partial charge in [0, 0.05) is 10.2 Å². The van der Waals surface area contributed by atoms with E-state index in [9.17, 15) is 14.9 Å². The predicted octanol–water partition coefficient (Wildman–Crippen LogP) is 6.80. The summed E-state index contributed by atoms with van der Waals surface area (Å²) >= 11 is 10.3. The van der Waals surface area contributed by atoms with Crippen molar-refractivity contribution < 1.29 is 19.4 Å². The number of amides is 1. The molecule has 1 amide bonds. The molecule has 0 aliphatic heterocycles. The van der Waals surface area contributed by atoms with E-state index in [-0.39, 0.29) is 17.7 Å². The largest absolute Gasteiger partial charge is 0.487 e. The highest BCUT2D eigenvalue weighted by atomic mass is 79.9. The van der Waals surface area contributed by atoms with Crippen LogP contribution in [0.25, 0.3) is 6.08 Å². The first-order valence-corrected chi connectivity index (χ1v) is 11.8. The fourth-order valence-electron chi connectivity index (χ4n) is 2.75. The maximum atomic E-state index is 12.5. The Morgan fingerprint density at radius 1 is 1.00 bits per heavy atom. The number of nitriles is 1. The minimum atomic E-state index is -0.987. The van der Waals surface area contributed by atoms with Crippen molar-refractivity contribution >= 4 is 71.4 Å². The number of carbonyl (C=O) groups is 2. The van der Waals surface area contributed by atoms with Gasteiger partial charge in [0.15, 0.2) is 0 Å². The minimum Gasteiger partial charge on any atom is -0.487 e. The summed E-state index contributed by atoms with van der Waals surface area (Å²) in [5, 5.41) is 21.1. The summed E-state index contributed by atoms with van der Waals surface area (Å²) in [7, 11) is 0. The third kappa shape index (κ3) is 6.78. The van der Waals surface area contributed by atoms with E-state index in [2.05, 4.69) is 53.1 Å². The van der Waals surface area contributed by atoms with Gasteiger partial charge in [-0.3, -0.25) is 4.79 Å².